The summed E-state index contributed by atoms with van der Waals surface area (Å²) in [6.07, 6.45) is 1.97. The van der Waals surface area contributed by atoms with E-state index in [4.69, 9.17) is 16.7 Å². The fraction of sp³-hybridized carbons (Fsp3) is 0.500. The fourth-order valence-corrected chi connectivity index (χ4v) is 4.01. The number of hydrogen-bond acceptors (Lipinski definition) is 4. The Hall–Kier alpha value is -1.18. The van der Waals surface area contributed by atoms with Crippen molar-refractivity contribution in [2.75, 3.05) is 13.1 Å². The summed E-state index contributed by atoms with van der Waals surface area (Å²) in [7, 11) is -3.72. The second-order valence-electron chi connectivity index (χ2n) is 5.06. The van der Waals surface area contributed by atoms with Crippen molar-refractivity contribution in [1.29, 1.82) is 0 Å². The molecule has 2 heterocycles. The molecule has 0 atom stereocenters. The van der Waals surface area contributed by atoms with Crippen molar-refractivity contribution in [1.82, 2.24) is 9.29 Å². The van der Waals surface area contributed by atoms with E-state index in [1.807, 2.05) is 0 Å². The van der Waals surface area contributed by atoms with Gasteiger partial charge in [0.2, 0.25) is 10.0 Å². The van der Waals surface area contributed by atoms with Crippen molar-refractivity contribution in [2.45, 2.75) is 24.7 Å². The number of carboxylic acid groups (broad SMARTS) is 1. The van der Waals surface area contributed by atoms with Crippen LogP contribution in [0.4, 0.5) is 0 Å². The molecular formula is C12H15ClN2O4S. The number of carboxylic acids is 1. The molecule has 0 aliphatic carbocycles. The summed E-state index contributed by atoms with van der Waals surface area (Å²) in [5.74, 6) is -0.894. The van der Waals surface area contributed by atoms with E-state index in [1.165, 1.54) is 22.6 Å². The maximum Gasteiger partial charge on any atom is 0.309 e. The lowest BCUT2D eigenvalue weighted by Gasteiger charge is -2.35. The molecule has 6 nitrogen and oxygen atoms in total. The lowest BCUT2D eigenvalue weighted by Crippen LogP contribution is -2.45. The Morgan fingerprint density at radius 2 is 2.05 bits per heavy atom. The summed E-state index contributed by atoms with van der Waals surface area (Å²) in [4.78, 5) is 14.9. The maximum absolute atomic E-state index is 12.4. The van der Waals surface area contributed by atoms with Gasteiger partial charge in [-0.3, -0.25) is 4.79 Å². The van der Waals surface area contributed by atoms with Crippen LogP contribution in [0.25, 0.3) is 0 Å². The zero-order valence-corrected chi connectivity index (χ0v) is 12.5. The van der Waals surface area contributed by atoms with Gasteiger partial charge in [-0.15, -0.1) is 0 Å². The predicted octanol–water partition coefficient (Wildman–Crippen LogP) is 1.61. The van der Waals surface area contributed by atoms with Crippen molar-refractivity contribution < 1.29 is 18.3 Å². The van der Waals surface area contributed by atoms with Gasteiger partial charge < -0.3 is 5.11 Å². The lowest BCUT2D eigenvalue weighted by molar-refractivity contribution is -0.150. The Morgan fingerprint density at radius 1 is 1.45 bits per heavy atom. The zero-order chi connectivity index (χ0) is 15.0. The van der Waals surface area contributed by atoms with Gasteiger partial charge in [0.25, 0.3) is 0 Å². The SMILES string of the molecule is CC1(C(=O)O)CCN(S(=O)(=O)c2cccnc2Cl)CC1. The molecule has 1 aliphatic rings. The van der Waals surface area contributed by atoms with E-state index in [1.54, 1.807) is 6.92 Å². The third-order valence-electron chi connectivity index (χ3n) is 3.68. The number of sulfonamides is 1. The van der Waals surface area contributed by atoms with E-state index < -0.39 is 21.4 Å². The summed E-state index contributed by atoms with van der Waals surface area (Å²) in [5, 5.41) is 9.08. The van der Waals surface area contributed by atoms with E-state index in [0.717, 1.165) is 0 Å². The summed E-state index contributed by atoms with van der Waals surface area (Å²) in [5.41, 5.74) is -0.870. The van der Waals surface area contributed by atoms with Crippen molar-refractivity contribution in [3.05, 3.63) is 23.5 Å². The minimum atomic E-state index is -3.72. The monoisotopic (exact) mass is 318 g/mol. The quantitative estimate of drug-likeness (QED) is 0.855. The third-order valence-corrected chi connectivity index (χ3v) is 6.03. The molecule has 1 saturated heterocycles. The highest BCUT2D eigenvalue weighted by molar-refractivity contribution is 7.89. The van der Waals surface area contributed by atoms with Gasteiger partial charge in [-0.1, -0.05) is 11.6 Å². The summed E-state index contributed by atoms with van der Waals surface area (Å²) < 4.78 is 26.2. The Bertz CT molecular complexity index is 624. The van der Waals surface area contributed by atoms with Gasteiger partial charge in [0, 0.05) is 19.3 Å². The summed E-state index contributed by atoms with van der Waals surface area (Å²) >= 11 is 5.82. The van der Waals surface area contributed by atoms with Crippen LogP contribution >= 0.6 is 11.6 Å². The molecule has 1 N–H and O–H groups in total. The lowest BCUT2D eigenvalue weighted by atomic mass is 9.81. The molecule has 20 heavy (non-hydrogen) atoms. The molecule has 0 spiro atoms. The number of rotatable bonds is 3. The molecule has 8 heteroatoms. The first kappa shape index (κ1) is 15.2. The van der Waals surface area contributed by atoms with Gasteiger partial charge in [0.1, 0.15) is 10.0 Å². The largest absolute Gasteiger partial charge is 0.481 e. The molecule has 1 aromatic rings. The molecule has 1 fully saturated rings. The van der Waals surface area contributed by atoms with Crippen LogP contribution in [-0.2, 0) is 14.8 Å². The van der Waals surface area contributed by atoms with Crippen LogP contribution in [0.15, 0.2) is 23.2 Å². The molecule has 0 aromatic carbocycles. The minimum Gasteiger partial charge on any atom is -0.481 e. The van der Waals surface area contributed by atoms with Gasteiger partial charge in [-0.2, -0.15) is 4.31 Å². The second-order valence-corrected chi connectivity index (χ2v) is 7.33. The molecule has 0 radical (unpaired) electrons. The normalized spacial score (nSPS) is 19.7. The number of piperidine rings is 1. The molecule has 1 aliphatic heterocycles. The van der Waals surface area contributed by atoms with Crippen LogP contribution in [0.5, 0.6) is 0 Å². The highest BCUT2D eigenvalue weighted by Gasteiger charge is 2.40. The van der Waals surface area contributed by atoms with Gasteiger partial charge in [0.05, 0.1) is 5.41 Å². The first-order chi connectivity index (χ1) is 9.27. The average molecular weight is 319 g/mol. The molecule has 2 rings (SSSR count). The number of aliphatic carboxylic acids is 1. The highest BCUT2D eigenvalue weighted by atomic mass is 35.5. The maximum atomic E-state index is 12.4. The van der Waals surface area contributed by atoms with Crippen molar-refractivity contribution in [2.24, 2.45) is 5.41 Å². The van der Waals surface area contributed by atoms with Crippen molar-refractivity contribution >= 4 is 27.6 Å². The summed E-state index contributed by atoms with van der Waals surface area (Å²) in [6.45, 7) is 1.96. The summed E-state index contributed by atoms with van der Waals surface area (Å²) in [6, 6.07) is 2.90. The van der Waals surface area contributed by atoms with Crippen LogP contribution in [0.2, 0.25) is 5.15 Å². The molecule has 1 aromatic heterocycles. The number of nitrogens with zero attached hydrogens (tertiary/aromatic N) is 2. The minimum absolute atomic E-state index is 0.0411. The Kier molecular flexibility index (Phi) is 4.04. The van der Waals surface area contributed by atoms with E-state index in [2.05, 4.69) is 4.98 Å². The van der Waals surface area contributed by atoms with Gasteiger partial charge in [0.15, 0.2) is 0 Å². The Balaban J connectivity index is 2.22. The number of halogens is 1. The van der Waals surface area contributed by atoms with Crippen LogP contribution in [0.1, 0.15) is 19.8 Å². The van der Waals surface area contributed by atoms with E-state index in [9.17, 15) is 13.2 Å². The van der Waals surface area contributed by atoms with Gasteiger partial charge in [-0.05, 0) is 31.9 Å². The smallest absolute Gasteiger partial charge is 0.309 e. The van der Waals surface area contributed by atoms with E-state index in [-0.39, 0.29) is 36.0 Å². The van der Waals surface area contributed by atoms with Crippen LogP contribution < -0.4 is 0 Å². The fourth-order valence-electron chi connectivity index (χ4n) is 2.14. The third kappa shape index (κ3) is 2.65. The Labute approximate surface area is 122 Å². The topological polar surface area (TPSA) is 87.6 Å². The molecular weight excluding hydrogens is 304 g/mol. The van der Waals surface area contributed by atoms with Gasteiger partial charge >= 0.3 is 5.97 Å². The van der Waals surface area contributed by atoms with Crippen molar-refractivity contribution in [3.8, 4) is 0 Å². The van der Waals surface area contributed by atoms with Crippen LogP contribution in [0, 0.1) is 5.41 Å². The van der Waals surface area contributed by atoms with Crippen molar-refractivity contribution in [3.63, 3.8) is 0 Å². The zero-order valence-electron chi connectivity index (χ0n) is 10.9. The molecule has 0 amide bonds. The molecule has 110 valence electrons. The predicted molar refractivity (Wildman–Crippen MR) is 73.0 cm³/mol. The number of carbonyl (C=O) groups is 1. The second kappa shape index (κ2) is 5.31. The van der Waals surface area contributed by atoms with Crippen LogP contribution in [-0.4, -0.2) is 41.9 Å². The Morgan fingerprint density at radius 3 is 2.55 bits per heavy atom. The molecule has 0 saturated carbocycles. The van der Waals surface area contributed by atoms with Gasteiger partial charge in [-0.25, -0.2) is 13.4 Å². The average Bonchev–Trinajstić information content (AvgIpc) is 2.39. The van der Waals surface area contributed by atoms with Crippen LogP contribution in [0.3, 0.4) is 0 Å². The van der Waals surface area contributed by atoms with E-state index in [0.29, 0.717) is 0 Å². The number of hydrogen-bond donors (Lipinski definition) is 1. The highest BCUT2D eigenvalue weighted by Crippen LogP contribution is 2.34. The number of aromatic nitrogens is 1. The first-order valence-corrected chi connectivity index (χ1v) is 7.93. The standard InChI is InChI=1S/C12H15ClN2O4S/c1-12(11(16)17)4-7-15(8-5-12)20(18,19)9-3-2-6-14-10(9)13/h2-3,6H,4-5,7-8H2,1H3,(H,16,17). The molecule has 0 unspecified atom stereocenters. The first-order valence-electron chi connectivity index (χ1n) is 6.11. The molecule has 0 bridgehead atoms. The number of pyridine rings is 1. The van der Waals surface area contributed by atoms with E-state index >= 15 is 0 Å².